The number of carbonyl (C=O) groups excluding carboxylic acids is 3. The van der Waals surface area contributed by atoms with Gasteiger partial charge >= 0.3 is 6.09 Å². The maximum atomic E-state index is 14.1. The molecule has 3 aromatic carbocycles. The number of hydrogen-bond donors (Lipinski definition) is 1. The zero-order chi connectivity index (χ0) is 37.0. The van der Waals surface area contributed by atoms with Crippen LogP contribution in [-0.4, -0.2) is 93.7 Å². The average molecular weight is 719 g/mol. The Morgan fingerprint density at radius 2 is 1.60 bits per heavy atom. The fourth-order valence-corrected chi connectivity index (χ4v) is 7.21. The molecule has 1 aliphatic carbocycles. The minimum atomic E-state index is -0.851. The molecule has 3 amide bonds. The molecule has 11 heteroatoms. The van der Waals surface area contributed by atoms with Gasteiger partial charge in [0.15, 0.2) is 0 Å². The Labute approximate surface area is 311 Å². The van der Waals surface area contributed by atoms with Gasteiger partial charge in [0.25, 0.3) is 5.91 Å². The fourth-order valence-electron chi connectivity index (χ4n) is 7.21. The van der Waals surface area contributed by atoms with E-state index in [1.165, 1.54) is 0 Å². The molecule has 1 N–H and O–H groups in total. The van der Waals surface area contributed by atoms with E-state index in [9.17, 15) is 14.4 Å². The van der Waals surface area contributed by atoms with Crippen LogP contribution in [0.15, 0.2) is 91.3 Å². The highest BCUT2D eigenvalue weighted by Crippen LogP contribution is 2.34. The molecular weight excluding hydrogens is 668 g/mol. The third-order valence-electron chi connectivity index (χ3n) is 10.2. The van der Waals surface area contributed by atoms with E-state index in [2.05, 4.69) is 50.3 Å². The Hall–Kier alpha value is -5.32. The van der Waals surface area contributed by atoms with E-state index in [-0.39, 0.29) is 23.8 Å². The summed E-state index contributed by atoms with van der Waals surface area (Å²) < 4.78 is 12.1. The lowest BCUT2D eigenvalue weighted by molar-refractivity contribution is -0.141. The summed E-state index contributed by atoms with van der Waals surface area (Å²) in [6.07, 6.45) is 6.36. The number of aromatic nitrogens is 2. The molecule has 1 saturated carbocycles. The van der Waals surface area contributed by atoms with Crippen molar-refractivity contribution < 1.29 is 23.9 Å². The van der Waals surface area contributed by atoms with Gasteiger partial charge in [-0.1, -0.05) is 60.7 Å². The quantitative estimate of drug-likeness (QED) is 0.195. The van der Waals surface area contributed by atoms with Crippen molar-refractivity contribution in [2.75, 3.05) is 44.2 Å². The third-order valence-corrected chi connectivity index (χ3v) is 10.2. The van der Waals surface area contributed by atoms with Crippen LogP contribution in [0.1, 0.15) is 63.7 Å². The third kappa shape index (κ3) is 9.01. The molecular formula is C42H50N6O5. The number of rotatable bonds is 10. The highest BCUT2D eigenvalue weighted by atomic mass is 16.6. The van der Waals surface area contributed by atoms with E-state index in [1.54, 1.807) is 9.80 Å². The normalized spacial score (nSPS) is 18.3. The molecule has 2 saturated heterocycles. The summed E-state index contributed by atoms with van der Waals surface area (Å²) in [6, 6.07) is 26.1. The molecule has 0 bridgehead atoms. The van der Waals surface area contributed by atoms with Gasteiger partial charge in [-0.2, -0.15) is 5.10 Å². The Kier molecular flexibility index (Phi) is 10.7. The number of nitrogens with zero attached hydrogens (tertiary/aromatic N) is 5. The van der Waals surface area contributed by atoms with Crippen LogP contribution in [0, 0.1) is 5.92 Å². The standard InChI is InChI=1S/C42H50N6O5/c1-42(2,3)53-41(51)46-23-21-45(22-24-46)40(50)38(32-9-5-4-6-10-32)52-37-13-7-12-36(25-37)47-20-8-11-33(29-47)39(49)48(35-18-19-35)28-30-14-16-31(17-15-30)34-26-43-44-27-34/h4-7,9-10,12-17,25-27,33,35,38H,8,11,18-24,28-29H2,1-3H3,(H,43,44)/t33-,38?/m1/s1. The lowest BCUT2D eigenvalue weighted by Crippen LogP contribution is -2.53. The molecule has 2 atom stereocenters. The molecule has 4 aromatic rings. The molecule has 1 unspecified atom stereocenters. The molecule has 278 valence electrons. The van der Waals surface area contributed by atoms with Gasteiger partial charge in [0.2, 0.25) is 12.0 Å². The largest absolute Gasteiger partial charge is 0.476 e. The predicted octanol–water partition coefficient (Wildman–Crippen LogP) is 6.68. The molecule has 3 aliphatic rings. The first-order chi connectivity index (χ1) is 25.6. The average Bonchev–Trinajstić information content (AvgIpc) is 3.87. The summed E-state index contributed by atoms with van der Waals surface area (Å²) in [7, 11) is 0. The summed E-state index contributed by atoms with van der Waals surface area (Å²) in [5.41, 5.74) is 4.42. The molecule has 3 fully saturated rings. The van der Waals surface area contributed by atoms with Crippen molar-refractivity contribution in [3.8, 4) is 16.9 Å². The van der Waals surface area contributed by atoms with Crippen LogP contribution in [0.2, 0.25) is 0 Å². The molecule has 1 aromatic heterocycles. The summed E-state index contributed by atoms with van der Waals surface area (Å²) in [6.45, 7) is 9.19. The van der Waals surface area contributed by atoms with Crippen molar-refractivity contribution in [3.63, 3.8) is 0 Å². The van der Waals surface area contributed by atoms with Gasteiger partial charge in [0.1, 0.15) is 11.4 Å². The van der Waals surface area contributed by atoms with E-state index in [0.29, 0.717) is 51.1 Å². The van der Waals surface area contributed by atoms with E-state index in [1.807, 2.05) is 81.7 Å². The van der Waals surface area contributed by atoms with Crippen LogP contribution < -0.4 is 9.64 Å². The number of nitrogens with one attached hydrogen (secondary N) is 1. The van der Waals surface area contributed by atoms with Crippen LogP contribution >= 0.6 is 0 Å². The first-order valence-corrected chi connectivity index (χ1v) is 18.8. The summed E-state index contributed by atoms with van der Waals surface area (Å²) >= 11 is 0. The van der Waals surface area contributed by atoms with Crippen molar-refractivity contribution in [2.24, 2.45) is 5.92 Å². The summed E-state index contributed by atoms with van der Waals surface area (Å²) in [5, 5.41) is 6.92. The van der Waals surface area contributed by atoms with Gasteiger partial charge < -0.3 is 29.1 Å². The molecule has 0 spiro atoms. The maximum absolute atomic E-state index is 14.1. The number of piperidine rings is 1. The number of piperazine rings is 1. The summed E-state index contributed by atoms with van der Waals surface area (Å²) in [4.78, 5) is 48.6. The molecule has 7 rings (SSSR count). The van der Waals surface area contributed by atoms with Gasteiger partial charge in [0, 0.05) is 80.9 Å². The topological polar surface area (TPSA) is 111 Å². The lowest BCUT2D eigenvalue weighted by atomic mass is 9.95. The van der Waals surface area contributed by atoms with Crippen molar-refractivity contribution in [1.29, 1.82) is 0 Å². The SMILES string of the molecule is CC(C)(C)OC(=O)N1CCN(C(=O)C(Oc2cccc(N3CCC[C@@H](C(=O)N(Cc4ccc(-c5cn[nH]c5)cc4)C4CC4)C3)c2)c2ccccc2)CC1. The van der Waals surface area contributed by atoms with Crippen molar-refractivity contribution >= 4 is 23.6 Å². The van der Waals surface area contributed by atoms with Gasteiger partial charge in [-0.05, 0) is 69.7 Å². The number of H-pyrrole nitrogens is 1. The molecule has 53 heavy (non-hydrogen) atoms. The highest BCUT2D eigenvalue weighted by molar-refractivity contribution is 5.83. The van der Waals surface area contributed by atoms with E-state index in [0.717, 1.165) is 60.2 Å². The Morgan fingerprint density at radius 1 is 0.868 bits per heavy atom. The number of carbonyl (C=O) groups is 3. The number of ether oxygens (including phenoxy) is 2. The van der Waals surface area contributed by atoms with E-state index in [4.69, 9.17) is 9.47 Å². The zero-order valence-corrected chi connectivity index (χ0v) is 30.9. The second kappa shape index (κ2) is 15.7. The molecule has 0 radical (unpaired) electrons. The Bertz CT molecular complexity index is 1850. The second-order valence-corrected chi connectivity index (χ2v) is 15.4. The first kappa shape index (κ1) is 36.1. The van der Waals surface area contributed by atoms with E-state index >= 15 is 0 Å². The van der Waals surface area contributed by atoms with Crippen molar-refractivity contribution in [3.05, 3.63) is 102 Å². The van der Waals surface area contributed by atoms with Gasteiger partial charge in [-0.25, -0.2) is 4.79 Å². The minimum absolute atomic E-state index is 0.0999. The minimum Gasteiger partial charge on any atom is -0.476 e. The number of aromatic amines is 1. The second-order valence-electron chi connectivity index (χ2n) is 15.4. The zero-order valence-electron chi connectivity index (χ0n) is 30.9. The van der Waals surface area contributed by atoms with Crippen LogP contribution in [0.5, 0.6) is 5.75 Å². The molecule has 2 aliphatic heterocycles. The van der Waals surface area contributed by atoms with Crippen molar-refractivity contribution in [1.82, 2.24) is 24.9 Å². The van der Waals surface area contributed by atoms with Crippen LogP contribution in [0.25, 0.3) is 11.1 Å². The van der Waals surface area contributed by atoms with Gasteiger partial charge in [-0.3, -0.25) is 14.7 Å². The van der Waals surface area contributed by atoms with Gasteiger partial charge in [0.05, 0.1) is 12.1 Å². The maximum Gasteiger partial charge on any atom is 0.410 e. The predicted molar refractivity (Wildman–Crippen MR) is 203 cm³/mol. The fraction of sp³-hybridized carbons (Fsp3) is 0.429. The summed E-state index contributed by atoms with van der Waals surface area (Å²) in [5.74, 6) is 0.566. The number of amides is 3. The first-order valence-electron chi connectivity index (χ1n) is 18.8. The van der Waals surface area contributed by atoms with Crippen molar-refractivity contribution in [2.45, 2.75) is 70.7 Å². The van der Waals surface area contributed by atoms with E-state index < -0.39 is 11.7 Å². The monoisotopic (exact) mass is 718 g/mol. The number of benzene rings is 3. The highest BCUT2D eigenvalue weighted by Gasteiger charge is 2.38. The van der Waals surface area contributed by atoms with Crippen LogP contribution in [0.4, 0.5) is 10.5 Å². The lowest BCUT2D eigenvalue weighted by Gasteiger charge is -2.37. The van der Waals surface area contributed by atoms with Crippen LogP contribution in [-0.2, 0) is 20.9 Å². The molecule has 11 nitrogen and oxygen atoms in total. The Morgan fingerprint density at radius 3 is 2.28 bits per heavy atom. The van der Waals surface area contributed by atoms with Crippen LogP contribution in [0.3, 0.4) is 0 Å². The Balaban J connectivity index is 1.01. The molecule has 3 heterocycles. The number of hydrogen-bond acceptors (Lipinski definition) is 7. The smallest absolute Gasteiger partial charge is 0.410 e. The number of anilines is 1. The van der Waals surface area contributed by atoms with Gasteiger partial charge in [-0.15, -0.1) is 0 Å².